The Morgan fingerprint density at radius 1 is 1.33 bits per heavy atom. The number of methoxy groups -OCH3 is 1. The van der Waals surface area contributed by atoms with Crippen LogP contribution in [0.25, 0.3) is 0 Å². The minimum atomic E-state index is 0. The van der Waals surface area contributed by atoms with E-state index in [9.17, 15) is 0 Å². The third kappa shape index (κ3) is 8.91. The summed E-state index contributed by atoms with van der Waals surface area (Å²) in [5.41, 5.74) is 0. The molecule has 0 amide bonds. The number of ether oxygens (including phenoxy) is 1. The van der Waals surface area contributed by atoms with Gasteiger partial charge in [-0.05, 0) is 7.11 Å². The van der Waals surface area contributed by atoms with E-state index in [2.05, 4.69) is 4.74 Å². The Labute approximate surface area is 64.3 Å². The van der Waals surface area contributed by atoms with E-state index < -0.39 is 0 Å². The third-order valence-electron chi connectivity index (χ3n) is 0.408. The minimum Gasteiger partial charge on any atom is -0.552 e. The van der Waals surface area contributed by atoms with Gasteiger partial charge in [0.15, 0.2) is 0 Å². The van der Waals surface area contributed by atoms with E-state index in [0.29, 0.717) is 0 Å². The van der Waals surface area contributed by atoms with Gasteiger partial charge in [0.2, 0.25) is 0 Å². The molecule has 0 fully saturated rings. The van der Waals surface area contributed by atoms with Gasteiger partial charge in [0.25, 0.3) is 0 Å². The van der Waals surface area contributed by atoms with Crippen molar-refractivity contribution in [2.75, 3.05) is 7.11 Å². The van der Waals surface area contributed by atoms with Gasteiger partial charge in [-0.25, -0.2) is 6.10 Å². The molecule has 0 rings (SSSR count). The summed E-state index contributed by atoms with van der Waals surface area (Å²) in [6.45, 7) is 3.83. The van der Waals surface area contributed by atoms with Crippen LogP contribution in [-0.2, 0) is 37.4 Å². The summed E-state index contributed by atoms with van der Waals surface area (Å²) in [5.74, 6) is 0. The Kier molecular flexibility index (Phi) is 10.2. The van der Waals surface area contributed by atoms with Crippen LogP contribution in [0.5, 0.6) is 0 Å². The molecule has 0 bridgehead atoms. The van der Waals surface area contributed by atoms with E-state index in [-0.39, 0.29) is 32.7 Å². The van der Waals surface area contributed by atoms with Crippen LogP contribution < -0.4 is 0 Å². The van der Waals surface area contributed by atoms with Crippen molar-refractivity contribution >= 4 is 0 Å². The molecule has 0 spiro atoms. The van der Waals surface area contributed by atoms with Crippen LogP contribution in [0.1, 0.15) is 13.8 Å². The fraction of sp³-hybridized carbons (Fsp3) is 0.750. The molecular formula is C4H9OY-. The van der Waals surface area contributed by atoms with E-state index in [1.165, 1.54) is 0 Å². The van der Waals surface area contributed by atoms with Crippen molar-refractivity contribution in [1.29, 1.82) is 0 Å². The molecule has 0 aliphatic rings. The number of hydrogen-bond acceptors (Lipinski definition) is 1. The van der Waals surface area contributed by atoms with E-state index in [1.807, 2.05) is 13.8 Å². The Balaban J connectivity index is 0. The first-order chi connectivity index (χ1) is 2.27. The Morgan fingerprint density at radius 3 is 1.50 bits per heavy atom. The topological polar surface area (TPSA) is 9.23 Å². The monoisotopic (exact) mass is 162 g/mol. The zero-order chi connectivity index (χ0) is 4.28. The first kappa shape index (κ1) is 10.1. The van der Waals surface area contributed by atoms with Crippen molar-refractivity contribution in [3.8, 4) is 0 Å². The normalized spacial score (nSPS) is 8.00. The van der Waals surface area contributed by atoms with Gasteiger partial charge in [-0.3, -0.25) is 0 Å². The zero-order valence-electron chi connectivity index (χ0n) is 4.49. The molecule has 0 aromatic carbocycles. The first-order valence-electron chi connectivity index (χ1n) is 1.61. The maximum atomic E-state index is 4.67. The maximum absolute atomic E-state index is 4.67. The SMILES string of the molecule is CO[C-](C)C.[Y]. The fourth-order valence-corrected chi connectivity index (χ4v) is 0. The van der Waals surface area contributed by atoms with Gasteiger partial charge in [-0.1, -0.05) is 0 Å². The molecule has 0 saturated heterocycles. The molecular weight excluding hydrogens is 153 g/mol. The van der Waals surface area contributed by atoms with Gasteiger partial charge < -0.3 is 4.74 Å². The second kappa shape index (κ2) is 6.06. The van der Waals surface area contributed by atoms with Crippen molar-refractivity contribution < 1.29 is 37.4 Å². The smallest absolute Gasteiger partial charge is 0 e. The molecule has 0 aromatic rings. The summed E-state index contributed by atoms with van der Waals surface area (Å²) in [6.07, 6.45) is 1.00. The average Bonchev–Trinajstić information content (AvgIpc) is 1.38. The summed E-state index contributed by atoms with van der Waals surface area (Å²) >= 11 is 0. The summed E-state index contributed by atoms with van der Waals surface area (Å²) in [5, 5.41) is 0. The van der Waals surface area contributed by atoms with E-state index in [4.69, 9.17) is 0 Å². The molecule has 0 aliphatic heterocycles. The summed E-state index contributed by atoms with van der Waals surface area (Å²) < 4.78 is 4.67. The van der Waals surface area contributed by atoms with Crippen LogP contribution >= 0.6 is 0 Å². The molecule has 1 nitrogen and oxygen atoms in total. The molecule has 2 heteroatoms. The van der Waals surface area contributed by atoms with Crippen molar-refractivity contribution in [2.45, 2.75) is 13.8 Å². The molecule has 1 radical (unpaired) electrons. The molecule has 0 heterocycles. The van der Waals surface area contributed by atoms with Crippen LogP contribution in [0.3, 0.4) is 0 Å². The van der Waals surface area contributed by atoms with Gasteiger partial charge in [0.1, 0.15) is 0 Å². The molecule has 0 saturated carbocycles. The second-order valence-corrected chi connectivity index (χ2v) is 1.11. The Morgan fingerprint density at radius 2 is 1.50 bits per heavy atom. The van der Waals surface area contributed by atoms with Crippen LogP contribution in [0.15, 0.2) is 0 Å². The van der Waals surface area contributed by atoms with Gasteiger partial charge in [-0.15, -0.1) is 0 Å². The van der Waals surface area contributed by atoms with Gasteiger partial charge >= 0.3 is 0 Å². The first-order valence-corrected chi connectivity index (χ1v) is 1.61. The van der Waals surface area contributed by atoms with Crippen LogP contribution in [0.4, 0.5) is 0 Å². The molecule has 6 heavy (non-hydrogen) atoms. The molecule has 0 atom stereocenters. The summed E-state index contributed by atoms with van der Waals surface area (Å²) in [7, 11) is 1.66. The molecule has 0 aromatic heterocycles. The predicted octanol–water partition coefficient (Wildman–Crippen LogP) is 1.20. The van der Waals surface area contributed by atoms with E-state index in [1.54, 1.807) is 7.11 Å². The molecule has 35 valence electrons. The molecule has 0 aliphatic carbocycles. The third-order valence-corrected chi connectivity index (χ3v) is 0.408. The average molecular weight is 162 g/mol. The molecule has 0 unspecified atom stereocenters. The van der Waals surface area contributed by atoms with Gasteiger partial charge in [-0.2, -0.15) is 13.8 Å². The Bertz CT molecular complexity index is 21.5. The van der Waals surface area contributed by atoms with Crippen molar-refractivity contribution in [2.24, 2.45) is 0 Å². The van der Waals surface area contributed by atoms with Crippen molar-refractivity contribution in [1.82, 2.24) is 0 Å². The fourth-order valence-electron chi connectivity index (χ4n) is 0. The van der Waals surface area contributed by atoms with Crippen LogP contribution in [-0.4, -0.2) is 7.11 Å². The van der Waals surface area contributed by atoms with E-state index in [0.717, 1.165) is 6.10 Å². The summed E-state index contributed by atoms with van der Waals surface area (Å²) in [4.78, 5) is 0. The van der Waals surface area contributed by atoms with Crippen molar-refractivity contribution in [3.05, 3.63) is 6.10 Å². The number of hydrogen-bond donors (Lipinski definition) is 0. The maximum Gasteiger partial charge on any atom is 0 e. The zero-order valence-corrected chi connectivity index (χ0v) is 7.32. The standard InChI is InChI=1S/C4H9O.Y/c1-4(2)5-3;/h1-3H3;/q-1;. The van der Waals surface area contributed by atoms with Crippen LogP contribution in [0.2, 0.25) is 0 Å². The summed E-state index contributed by atoms with van der Waals surface area (Å²) in [6, 6.07) is 0. The van der Waals surface area contributed by atoms with Crippen LogP contribution in [0, 0.1) is 6.10 Å². The van der Waals surface area contributed by atoms with Gasteiger partial charge in [0.05, 0.1) is 0 Å². The minimum absolute atomic E-state index is 0. The van der Waals surface area contributed by atoms with Crippen molar-refractivity contribution in [3.63, 3.8) is 0 Å². The van der Waals surface area contributed by atoms with Gasteiger partial charge in [0, 0.05) is 32.7 Å². The quantitative estimate of drug-likeness (QED) is 0.526. The Hall–Kier alpha value is 1.06. The predicted molar refractivity (Wildman–Crippen MR) is 21.6 cm³/mol. The second-order valence-electron chi connectivity index (χ2n) is 1.11. The largest absolute Gasteiger partial charge is 0.552 e. The van der Waals surface area contributed by atoms with E-state index >= 15 is 0 Å². The molecule has 0 N–H and O–H groups in total. The number of rotatable bonds is 1.